The predicted molar refractivity (Wildman–Crippen MR) is 85.7 cm³/mol. The van der Waals surface area contributed by atoms with Crippen molar-refractivity contribution in [1.29, 1.82) is 0 Å². The summed E-state index contributed by atoms with van der Waals surface area (Å²) in [7, 11) is -3.82. The summed E-state index contributed by atoms with van der Waals surface area (Å²) in [5, 5.41) is 10.9. The van der Waals surface area contributed by atoms with E-state index < -0.39 is 16.1 Å². The molecule has 22 heavy (non-hydrogen) atoms. The summed E-state index contributed by atoms with van der Waals surface area (Å²) in [5.41, 5.74) is 1.00. The molecule has 9 heteroatoms. The first-order valence-electron chi connectivity index (χ1n) is 6.70. The van der Waals surface area contributed by atoms with Gasteiger partial charge >= 0.3 is 0 Å². The van der Waals surface area contributed by atoms with Crippen molar-refractivity contribution < 1.29 is 17.9 Å². The van der Waals surface area contributed by atoms with Crippen LogP contribution in [-0.4, -0.2) is 40.1 Å². The molecule has 1 aromatic carbocycles. The molecule has 0 bridgehead atoms. The van der Waals surface area contributed by atoms with Crippen molar-refractivity contribution in [2.75, 3.05) is 25.0 Å². The molecule has 1 aliphatic heterocycles. The minimum Gasteiger partial charge on any atom is -0.366 e. The summed E-state index contributed by atoms with van der Waals surface area (Å²) < 4.78 is 28.5. The highest BCUT2D eigenvalue weighted by Gasteiger charge is 2.22. The lowest BCUT2D eigenvalue weighted by Crippen LogP contribution is -2.45. The van der Waals surface area contributed by atoms with Crippen molar-refractivity contribution in [1.82, 2.24) is 5.32 Å². The molecule has 7 nitrogen and oxygen atoms in total. The van der Waals surface area contributed by atoms with Crippen LogP contribution in [0.2, 0.25) is 0 Å². The number of hydrogen-bond donors (Lipinski definition) is 3. The molecule has 1 fully saturated rings. The lowest BCUT2D eigenvalue weighted by Gasteiger charge is -2.22. The second-order valence-corrected chi connectivity index (χ2v) is 6.30. The van der Waals surface area contributed by atoms with Crippen LogP contribution >= 0.6 is 12.4 Å². The van der Waals surface area contributed by atoms with E-state index in [1.807, 2.05) is 6.92 Å². The number of nitrogens with one attached hydrogen (secondary N) is 2. The van der Waals surface area contributed by atoms with E-state index in [0.29, 0.717) is 37.4 Å². The molecule has 0 aliphatic carbocycles. The molecule has 0 spiro atoms. The van der Waals surface area contributed by atoms with Gasteiger partial charge in [-0.05, 0) is 24.1 Å². The molecule has 0 saturated carbocycles. The van der Waals surface area contributed by atoms with Gasteiger partial charge in [0.25, 0.3) is 5.91 Å². The molecular formula is C13H20ClN3O4S. The number of nitrogens with two attached hydrogens (primary N) is 1. The number of benzene rings is 1. The van der Waals surface area contributed by atoms with E-state index in [2.05, 4.69) is 10.6 Å². The van der Waals surface area contributed by atoms with Gasteiger partial charge < -0.3 is 15.4 Å². The zero-order chi connectivity index (χ0) is 15.5. The van der Waals surface area contributed by atoms with Crippen molar-refractivity contribution in [2.45, 2.75) is 24.3 Å². The molecule has 1 aromatic rings. The van der Waals surface area contributed by atoms with Crippen LogP contribution in [0.15, 0.2) is 23.1 Å². The van der Waals surface area contributed by atoms with Gasteiger partial charge in [-0.3, -0.25) is 4.79 Å². The normalized spacial score (nSPS) is 18.4. The van der Waals surface area contributed by atoms with Crippen LogP contribution in [0.4, 0.5) is 5.69 Å². The van der Waals surface area contributed by atoms with E-state index in [9.17, 15) is 13.2 Å². The Morgan fingerprint density at radius 2 is 2.23 bits per heavy atom. The van der Waals surface area contributed by atoms with Gasteiger partial charge in [-0.2, -0.15) is 0 Å². The average molecular weight is 350 g/mol. The number of primary sulfonamides is 1. The third-order valence-electron chi connectivity index (χ3n) is 3.24. The number of sulfonamides is 1. The zero-order valence-electron chi connectivity index (χ0n) is 12.2. The van der Waals surface area contributed by atoms with Crippen molar-refractivity contribution in [3.63, 3.8) is 0 Å². The van der Waals surface area contributed by atoms with E-state index in [-0.39, 0.29) is 23.2 Å². The van der Waals surface area contributed by atoms with Gasteiger partial charge in [-0.15, -0.1) is 12.4 Å². The fourth-order valence-electron chi connectivity index (χ4n) is 2.15. The Hall–Kier alpha value is -1.19. The van der Waals surface area contributed by atoms with Gasteiger partial charge in [0.15, 0.2) is 0 Å². The van der Waals surface area contributed by atoms with Crippen molar-refractivity contribution in [3.05, 3.63) is 23.8 Å². The van der Waals surface area contributed by atoms with Crippen LogP contribution in [0, 0.1) is 0 Å². The third kappa shape index (κ3) is 4.65. The van der Waals surface area contributed by atoms with Crippen LogP contribution in [0.25, 0.3) is 0 Å². The van der Waals surface area contributed by atoms with Gasteiger partial charge in [0.1, 0.15) is 6.10 Å². The number of aryl methyl sites for hydroxylation is 1. The number of morpholine rings is 1. The molecule has 0 aromatic heterocycles. The maximum absolute atomic E-state index is 12.0. The molecule has 1 saturated heterocycles. The Labute approximate surface area is 136 Å². The van der Waals surface area contributed by atoms with Crippen LogP contribution in [-0.2, 0) is 26.0 Å². The van der Waals surface area contributed by atoms with Gasteiger partial charge in [0.2, 0.25) is 10.0 Å². The Morgan fingerprint density at radius 3 is 2.77 bits per heavy atom. The van der Waals surface area contributed by atoms with Crippen LogP contribution in [0.1, 0.15) is 12.5 Å². The maximum Gasteiger partial charge on any atom is 0.254 e. The SMILES string of the molecule is CCc1ccc(NC(=O)C2CNCCO2)cc1S(N)(=O)=O.Cl. The third-order valence-corrected chi connectivity index (χ3v) is 4.24. The summed E-state index contributed by atoms with van der Waals surface area (Å²) in [4.78, 5) is 12.1. The highest BCUT2D eigenvalue weighted by atomic mass is 35.5. The smallest absolute Gasteiger partial charge is 0.254 e. The average Bonchev–Trinajstić information content (AvgIpc) is 2.47. The van der Waals surface area contributed by atoms with Crippen LogP contribution < -0.4 is 15.8 Å². The largest absolute Gasteiger partial charge is 0.366 e. The van der Waals surface area contributed by atoms with E-state index in [1.165, 1.54) is 6.07 Å². The minimum absolute atomic E-state index is 0. The highest BCUT2D eigenvalue weighted by molar-refractivity contribution is 7.89. The summed E-state index contributed by atoms with van der Waals surface area (Å²) in [5.74, 6) is -0.313. The summed E-state index contributed by atoms with van der Waals surface area (Å²) in [6.45, 7) is 3.45. The number of rotatable bonds is 4. The number of halogens is 1. The fourth-order valence-corrected chi connectivity index (χ4v) is 3.01. The lowest BCUT2D eigenvalue weighted by molar-refractivity contribution is -0.128. The molecule has 2 rings (SSSR count). The molecule has 4 N–H and O–H groups in total. The van der Waals surface area contributed by atoms with Gasteiger partial charge in [0, 0.05) is 18.8 Å². The molecule has 1 aliphatic rings. The quantitative estimate of drug-likeness (QED) is 0.721. The molecule has 1 unspecified atom stereocenters. The lowest BCUT2D eigenvalue weighted by atomic mass is 10.1. The molecule has 0 radical (unpaired) electrons. The number of hydrogen-bond acceptors (Lipinski definition) is 5. The number of amides is 1. The first-order chi connectivity index (χ1) is 9.91. The van der Waals surface area contributed by atoms with Crippen molar-refractivity contribution in [3.8, 4) is 0 Å². The Bertz CT molecular complexity index is 630. The van der Waals surface area contributed by atoms with Crippen LogP contribution in [0.5, 0.6) is 0 Å². The summed E-state index contributed by atoms with van der Waals surface area (Å²) >= 11 is 0. The Balaban J connectivity index is 0.00000242. The van der Waals surface area contributed by atoms with Crippen molar-refractivity contribution in [2.24, 2.45) is 5.14 Å². The number of carbonyl (C=O) groups excluding carboxylic acids is 1. The van der Waals surface area contributed by atoms with E-state index >= 15 is 0 Å². The Kier molecular flexibility index (Phi) is 6.76. The van der Waals surface area contributed by atoms with E-state index in [1.54, 1.807) is 12.1 Å². The van der Waals surface area contributed by atoms with E-state index in [4.69, 9.17) is 9.88 Å². The minimum atomic E-state index is -3.82. The summed E-state index contributed by atoms with van der Waals surface area (Å²) in [6, 6.07) is 4.68. The van der Waals surface area contributed by atoms with Gasteiger partial charge in [-0.1, -0.05) is 13.0 Å². The fraction of sp³-hybridized carbons (Fsp3) is 0.462. The monoisotopic (exact) mass is 349 g/mol. The molecule has 1 heterocycles. The van der Waals surface area contributed by atoms with E-state index in [0.717, 1.165) is 0 Å². The second-order valence-electron chi connectivity index (χ2n) is 4.77. The molecular weight excluding hydrogens is 330 g/mol. The number of ether oxygens (including phenoxy) is 1. The first-order valence-corrected chi connectivity index (χ1v) is 8.25. The topological polar surface area (TPSA) is 111 Å². The molecule has 1 atom stereocenters. The Morgan fingerprint density at radius 1 is 1.50 bits per heavy atom. The van der Waals surface area contributed by atoms with Gasteiger partial charge in [0.05, 0.1) is 11.5 Å². The van der Waals surface area contributed by atoms with Gasteiger partial charge in [-0.25, -0.2) is 13.6 Å². The highest BCUT2D eigenvalue weighted by Crippen LogP contribution is 2.20. The molecule has 124 valence electrons. The van der Waals surface area contributed by atoms with Crippen molar-refractivity contribution >= 4 is 34.0 Å². The summed E-state index contributed by atoms with van der Waals surface area (Å²) in [6.07, 6.45) is -0.0436. The predicted octanol–water partition coefficient (Wildman–Crippen LogP) is 0.245. The number of anilines is 1. The molecule has 1 amide bonds. The first kappa shape index (κ1) is 18.9. The zero-order valence-corrected chi connectivity index (χ0v) is 13.8. The second kappa shape index (κ2) is 7.89. The van der Waals surface area contributed by atoms with Crippen LogP contribution in [0.3, 0.4) is 0 Å². The standard InChI is InChI=1S/C13H19N3O4S.ClH/c1-2-9-3-4-10(7-12(9)21(14,18)19)16-13(17)11-8-15-5-6-20-11;/h3-4,7,11,15H,2,5-6,8H2,1H3,(H,16,17)(H2,14,18,19);1H. The number of carbonyl (C=O) groups is 1. The maximum atomic E-state index is 12.0.